The Balaban J connectivity index is 1.60. The van der Waals surface area contributed by atoms with Crippen LogP contribution < -0.4 is 15.4 Å². The summed E-state index contributed by atoms with van der Waals surface area (Å²) in [7, 11) is 1.65. The number of rotatable bonds is 6. The molecule has 0 radical (unpaired) electrons. The zero-order valence-corrected chi connectivity index (χ0v) is 12.5. The van der Waals surface area contributed by atoms with Gasteiger partial charge in [-0.1, -0.05) is 12.1 Å². The number of nitrogens with one attached hydrogen (secondary N) is 2. The number of methoxy groups -OCH3 is 1. The quantitative estimate of drug-likeness (QED) is 0.860. The van der Waals surface area contributed by atoms with Gasteiger partial charge < -0.3 is 15.4 Å². The molecule has 2 N–H and O–H groups in total. The summed E-state index contributed by atoms with van der Waals surface area (Å²) in [6.07, 6.45) is 3.79. The van der Waals surface area contributed by atoms with Gasteiger partial charge in [0.05, 0.1) is 7.11 Å². The van der Waals surface area contributed by atoms with Crippen LogP contribution in [0.15, 0.2) is 42.6 Å². The monoisotopic (exact) mass is 297 g/mol. The molecule has 0 bridgehead atoms. The summed E-state index contributed by atoms with van der Waals surface area (Å²) in [5, 5.41) is 6.24. The molecule has 1 aromatic heterocycles. The highest BCUT2D eigenvalue weighted by Gasteiger charge is 2.24. The van der Waals surface area contributed by atoms with E-state index in [4.69, 9.17) is 4.74 Å². The third kappa shape index (κ3) is 3.75. The second-order valence-electron chi connectivity index (χ2n) is 5.38. The number of aromatic nitrogens is 1. The number of nitrogens with zero attached hydrogens (tertiary/aromatic N) is 1. The number of hydrogen-bond acceptors (Lipinski definition) is 4. The number of hydrogen-bond donors (Lipinski definition) is 2. The third-order valence-electron chi connectivity index (χ3n) is 3.56. The van der Waals surface area contributed by atoms with Crippen molar-refractivity contribution in [2.24, 2.45) is 0 Å². The maximum atomic E-state index is 12.0. The van der Waals surface area contributed by atoms with Gasteiger partial charge in [-0.05, 0) is 42.7 Å². The lowest BCUT2D eigenvalue weighted by atomic mass is 10.2. The Hall–Kier alpha value is -2.56. The molecule has 22 heavy (non-hydrogen) atoms. The van der Waals surface area contributed by atoms with Gasteiger partial charge in [0.15, 0.2) is 0 Å². The van der Waals surface area contributed by atoms with Crippen molar-refractivity contribution >= 4 is 11.6 Å². The van der Waals surface area contributed by atoms with Crippen LogP contribution in [0.1, 0.15) is 28.9 Å². The highest BCUT2D eigenvalue weighted by molar-refractivity contribution is 5.93. The molecule has 1 fully saturated rings. The average Bonchev–Trinajstić information content (AvgIpc) is 3.37. The number of amides is 1. The predicted octanol–water partition coefficient (Wildman–Crippen LogP) is 2.59. The van der Waals surface area contributed by atoms with Crippen molar-refractivity contribution < 1.29 is 9.53 Å². The highest BCUT2D eigenvalue weighted by atomic mass is 16.5. The van der Waals surface area contributed by atoms with E-state index in [-0.39, 0.29) is 5.91 Å². The number of anilines is 1. The molecular weight excluding hydrogens is 278 g/mol. The average molecular weight is 297 g/mol. The zero-order chi connectivity index (χ0) is 15.4. The van der Waals surface area contributed by atoms with E-state index in [2.05, 4.69) is 15.6 Å². The standard InChI is InChI=1S/C17H19N3O2/c1-22-15-6-2-12(3-7-15)11-19-14-8-9-18-16(10-14)17(21)20-13-4-5-13/h2-3,6-10,13H,4-5,11H2,1H3,(H,18,19)(H,20,21). The van der Waals surface area contributed by atoms with E-state index in [0.717, 1.165) is 29.8 Å². The van der Waals surface area contributed by atoms with Crippen molar-refractivity contribution in [3.63, 3.8) is 0 Å². The first-order chi connectivity index (χ1) is 10.7. The second-order valence-corrected chi connectivity index (χ2v) is 5.38. The summed E-state index contributed by atoms with van der Waals surface area (Å²) in [5.41, 5.74) is 2.47. The van der Waals surface area contributed by atoms with Gasteiger partial charge in [0, 0.05) is 24.5 Å². The number of carbonyl (C=O) groups excluding carboxylic acids is 1. The summed E-state index contributed by atoms with van der Waals surface area (Å²) in [5.74, 6) is 0.738. The molecule has 1 aromatic carbocycles. The first-order valence-electron chi connectivity index (χ1n) is 7.38. The molecule has 5 heteroatoms. The minimum absolute atomic E-state index is 0.101. The molecule has 0 saturated heterocycles. The largest absolute Gasteiger partial charge is 0.497 e. The topological polar surface area (TPSA) is 63.2 Å². The van der Waals surface area contributed by atoms with Crippen molar-refractivity contribution in [2.45, 2.75) is 25.4 Å². The van der Waals surface area contributed by atoms with E-state index in [1.165, 1.54) is 0 Å². The smallest absolute Gasteiger partial charge is 0.270 e. The van der Waals surface area contributed by atoms with Crippen molar-refractivity contribution in [1.29, 1.82) is 0 Å². The van der Waals surface area contributed by atoms with Crippen LogP contribution in [-0.4, -0.2) is 24.0 Å². The fourth-order valence-electron chi connectivity index (χ4n) is 2.10. The first-order valence-corrected chi connectivity index (χ1v) is 7.38. The Kier molecular flexibility index (Phi) is 4.23. The van der Waals surface area contributed by atoms with Gasteiger partial charge >= 0.3 is 0 Å². The Labute approximate surface area is 129 Å². The van der Waals surface area contributed by atoms with Gasteiger partial charge in [-0.15, -0.1) is 0 Å². The number of benzene rings is 1. The Morgan fingerprint density at radius 2 is 2.05 bits per heavy atom. The summed E-state index contributed by atoms with van der Waals surface area (Å²) < 4.78 is 5.14. The van der Waals surface area contributed by atoms with Crippen LogP contribution in [-0.2, 0) is 6.54 Å². The molecule has 1 heterocycles. The fourth-order valence-corrected chi connectivity index (χ4v) is 2.10. The van der Waals surface area contributed by atoms with Crippen molar-refractivity contribution in [3.8, 4) is 5.75 Å². The summed E-state index contributed by atoms with van der Waals surface area (Å²) in [6, 6.07) is 11.8. The first kappa shape index (κ1) is 14.4. The third-order valence-corrected chi connectivity index (χ3v) is 3.56. The Bertz CT molecular complexity index is 651. The van der Waals surface area contributed by atoms with Gasteiger partial charge in [0.1, 0.15) is 11.4 Å². The van der Waals surface area contributed by atoms with E-state index < -0.39 is 0 Å². The van der Waals surface area contributed by atoms with Gasteiger partial charge in [-0.3, -0.25) is 9.78 Å². The van der Waals surface area contributed by atoms with E-state index in [1.54, 1.807) is 19.4 Å². The maximum absolute atomic E-state index is 12.0. The Morgan fingerprint density at radius 1 is 1.27 bits per heavy atom. The lowest BCUT2D eigenvalue weighted by Crippen LogP contribution is -2.26. The Morgan fingerprint density at radius 3 is 2.73 bits per heavy atom. The van der Waals surface area contributed by atoms with E-state index >= 15 is 0 Å². The molecule has 1 aliphatic rings. The molecule has 5 nitrogen and oxygen atoms in total. The second kappa shape index (κ2) is 6.47. The van der Waals surface area contributed by atoms with Gasteiger partial charge in [0.2, 0.25) is 0 Å². The molecule has 114 valence electrons. The van der Waals surface area contributed by atoms with Crippen LogP contribution in [0, 0.1) is 0 Å². The van der Waals surface area contributed by atoms with E-state index in [0.29, 0.717) is 18.3 Å². The van der Waals surface area contributed by atoms with Crippen LogP contribution in [0.4, 0.5) is 5.69 Å². The lowest BCUT2D eigenvalue weighted by Gasteiger charge is -2.09. The SMILES string of the molecule is COc1ccc(CNc2ccnc(C(=O)NC3CC3)c2)cc1. The minimum atomic E-state index is -0.101. The molecule has 1 aliphatic carbocycles. The number of carbonyl (C=O) groups is 1. The highest BCUT2D eigenvalue weighted by Crippen LogP contribution is 2.19. The van der Waals surface area contributed by atoms with Crippen molar-refractivity contribution in [1.82, 2.24) is 10.3 Å². The molecule has 3 rings (SSSR count). The van der Waals surface area contributed by atoms with Crippen LogP contribution in [0.5, 0.6) is 5.75 Å². The van der Waals surface area contributed by atoms with Crippen LogP contribution in [0.25, 0.3) is 0 Å². The molecule has 1 saturated carbocycles. The van der Waals surface area contributed by atoms with Gasteiger partial charge in [-0.25, -0.2) is 0 Å². The molecule has 0 atom stereocenters. The summed E-state index contributed by atoms with van der Waals surface area (Å²) in [4.78, 5) is 16.1. The van der Waals surface area contributed by atoms with Crippen LogP contribution in [0.3, 0.4) is 0 Å². The predicted molar refractivity (Wildman–Crippen MR) is 85.0 cm³/mol. The van der Waals surface area contributed by atoms with Gasteiger partial charge in [-0.2, -0.15) is 0 Å². The van der Waals surface area contributed by atoms with E-state index in [9.17, 15) is 4.79 Å². The summed E-state index contributed by atoms with van der Waals surface area (Å²) >= 11 is 0. The molecule has 1 amide bonds. The summed E-state index contributed by atoms with van der Waals surface area (Å²) in [6.45, 7) is 0.678. The molecular formula is C17H19N3O2. The molecule has 0 unspecified atom stereocenters. The molecule has 2 aromatic rings. The zero-order valence-electron chi connectivity index (χ0n) is 12.5. The van der Waals surface area contributed by atoms with Gasteiger partial charge in [0.25, 0.3) is 5.91 Å². The normalized spacial score (nSPS) is 13.5. The van der Waals surface area contributed by atoms with Crippen LogP contribution in [0.2, 0.25) is 0 Å². The fraction of sp³-hybridized carbons (Fsp3) is 0.294. The molecule has 0 spiro atoms. The van der Waals surface area contributed by atoms with Crippen molar-refractivity contribution in [2.75, 3.05) is 12.4 Å². The lowest BCUT2D eigenvalue weighted by molar-refractivity contribution is 0.0946. The minimum Gasteiger partial charge on any atom is -0.497 e. The number of ether oxygens (including phenoxy) is 1. The van der Waals surface area contributed by atoms with E-state index in [1.807, 2.05) is 30.3 Å². The van der Waals surface area contributed by atoms with Crippen LogP contribution >= 0.6 is 0 Å². The number of pyridine rings is 1. The van der Waals surface area contributed by atoms with Crippen molar-refractivity contribution in [3.05, 3.63) is 53.9 Å². The molecule has 0 aliphatic heterocycles. The maximum Gasteiger partial charge on any atom is 0.270 e.